The van der Waals surface area contributed by atoms with E-state index in [9.17, 15) is 9.59 Å². The van der Waals surface area contributed by atoms with E-state index in [2.05, 4.69) is 10.5 Å². The topological polar surface area (TPSA) is 84.6 Å². The molecule has 5 heteroatoms. The number of nitrogens with one attached hydrogen (secondary N) is 1. The van der Waals surface area contributed by atoms with Crippen molar-refractivity contribution in [2.24, 2.45) is 16.8 Å². The second-order valence-corrected chi connectivity index (χ2v) is 2.83. The van der Waals surface area contributed by atoms with Crippen molar-refractivity contribution < 1.29 is 9.59 Å². The lowest BCUT2D eigenvalue weighted by Gasteiger charge is -1.96. The van der Waals surface area contributed by atoms with E-state index in [-0.39, 0.29) is 0 Å². The average Bonchev–Trinajstić information content (AvgIpc) is 2.81. The van der Waals surface area contributed by atoms with E-state index in [0.717, 1.165) is 18.6 Å². The van der Waals surface area contributed by atoms with Crippen molar-refractivity contribution in [1.29, 1.82) is 0 Å². The van der Waals surface area contributed by atoms with Crippen LogP contribution in [0.3, 0.4) is 0 Å². The van der Waals surface area contributed by atoms with Crippen LogP contribution in [-0.2, 0) is 9.59 Å². The Kier molecular flexibility index (Phi) is 2.42. The number of amides is 2. The molecule has 12 heavy (non-hydrogen) atoms. The summed E-state index contributed by atoms with van der Waals surface area (Å²) in [5.74, 6) is -1.39. The van der Waals surface area contributed by atoms with Gasteiger partial charge in [-0.15, -0.1) is 0 Å². The van der Waals surface area contributed by atoms with Gasteiger partial charge in [-0.3, -0.25) is 9.59 Å². The van der Waals surface area contributed by atoms with E-state index in [0.29, 0.717) is 5.92 Å². The first-order chi connectivity index (χ1) is 5.61. The number of carbonyl (C=O) groups is 2. The van der Waals surface area contributed by atoms with Crippen LogP contribution in [0.2, 0.25) is 0 Å². The van der Waals surface area contributed by atoms with Gasteiger partial charge in [-0.05, 0) is 25.7 Å². The molecule has 0 atom stereocenters. The zero-order valence-corrected chi connectivity index (χ0v) is 6.83. The molecular formula is C7H11N3O2. The number of nitrogens with two attached hydrogens (primary N) is 1. The molecule has 1 rings (SSSR count). The molecule has 0 aromatic heterocycles. The minimum Gasteiger partial charge on any atom is -0.361 e. The molecule has 0 spiro atoms. The fraction of sp³-hybridized carbons (Fsp3) is 0.571. The van der Waals surface area contributed by atoms with E-state index in [1.165, 1.54) is 0 Å². The van der Waals surface area contributed by atoms with Crippen LogP contribution in [0.15, 0.2) is 5.10 Å². The first-order valence-electron chi connectivity index (χ1n) is 3.75. The maximum absolute atomic E-state index is 10.6. The van der Waals surface area contributed by atoms with Crippen LogP contribution in [0.4, 0.5) is 0 Å². The largest absolute Gasteiger partial charge is 0.361 e. The number of nitrogens with zero attached hydrogens (tertiary/aromatic N) is 1. The number of rotatable bonds is 2. The zero-order chi connectivity index (χ0) is 9.14. The van der Waals surface area contributed by atoms with Gasteiger partial charge in [0.2, 0.25) is 0 Å². The van der Waals surface area contributed by atoms with Gasteiger partial charge >= 0.3 is 11.8 Å². The highest BCUT2D eigenvalue weighted by Gasteiger charge is 2.24. The predicted octanol–water partition coefficient (Wildman–Crippen LogP) is -0.626. The Morgan fingerprint density at radius 3 is 2.50 bits per heavy atom. The second-order valence-electron chi connectivity index (χ2n) is 2.83. The van der Waals surface area contributed by atoms with E-state index in [1.54, 1.807) is 0 Å². The van der Waals surface area contributed by atoms with Gasteiger partial charge in [-0.25, -0.2) is 5.43 Å². The third-order valence-corrected chi connectivity index (χ3v) is 1.73. The summed E-state index contributed by atoms with van der Waals surface area (Å²) in [5.41, 5.74) is 7.62. The summed E-state index contributed by atoms with van der Waals surface area (Å²) in [6, 6.07) is 0. The van der Waals surface area contributed by atoms with Crippen LogP contribution in [0.1, 0.15) is 19.8 Å². The molecule has 0 bridgehead atoms. The Hall–Kier alpha value is -1.39. The first kappa shape index (κ1) is 8.70. The van der Waals surface area contributed by atoms with Crippen LogP contribution >= 0.6 is 0 Å². The quantitative estimate of drug-likeness (QED) is 0.328. The normalized spacial score (nSPS) is 17.2. The number of hydrazone groups is 1. The SMILES string of the molecule is C/C(=N\NC(=O)C(N)=O)C1CC1. The Balaban J connectivity index is 2.36. The van der Waals surface area contributed by atoms with Crippen LogP contribution in [-0.4, -0.2) is 17.5 Å². The number of hydrogen-bond acceptors (Lipinski definition) is 3. The molecule has 0 aliphatic heterocycles. The zero-order valence-electron chi connectivity index (χ0n) is 6.83. The highest BCUT2D eigenvalue weighted by molar-refractivity contribution is 6.34. The molecule has 1 fully saturated rings. The van der Waals surface area contributed by atoms with Gasteiger partial charge < -0.3 is 5.73 Å². The lowest BCUT2D eigenvalue weighted by molar-refractivity contribution is -0.137. The highest BCUT2D eigenvalue weighted by Crippen LogP contribution is 2.29. The highest BCUT2D eigenvalue weighted by atomic mass is 16.2. The molecule has 0 radical (unpaired) electrons. The molecule has 0 saturated heterocycles. The van der Waals surface area contributed by atoms with Gasteiger partial charge in [0, 0.05) is 5.71 Å². The van der Waals surface area contributed by atoms with E-state index in [1.807, 2.05) is 6.92 Å². The third-order valence-electron chi connectivity index (χ3n) is 1.73. The van der Waals surface area contributed by atoms with Gasteiger partial charge in [-0.2, -0.15) is 5.10 Å². The van der Waals surface area contributed by atoms with Crippen molar-refractivity contribution >= 4 is 17.5 Å². The van der Waals surface area contributed by atoms with Crippen molar-refractivity contribution in [3.05, 3.63) is 0 Å². The van der Waals surface area contributed by atoms with Crippen molar-refractivity contribution in [2.75, 3.05) is 0 Å². The molecule has 66 valence electrons. The molecule has 0 unspecified atom stereocenters. The molecule has 5 nitrogen and oxygen atoms in total. The molecule has 3 N–H and O–H groups in total. The molecule has 1 aliphatic rings. The van der Waals surface area contributed by atoms with Crippen LogP contribution in [0.25, 0.3) is 0 Å². The fourth-order valence-electron chi connectivity index (χ4n) is 0.786. The summed E-state index contributed by atoms with van der Waals surface area (Å²) in [6.45, 7) is 1.82. The van der Waals surface area contributed by atoms with E-state index >= 15 is 0 Å². The van der Waals surface area contributed by atoms with Gasteiger partial charge in [0.25, 0.3) is 0 Å². The smallest absolute Gasteiger partial charge is 0.329 e. The standard InChI is InChI=1S/C7H11N3O2/c1-4(5-2-3-5)9-10-7(12)6(8)11/h5H,2-3H2,1H3,(H2,8,11)(H,10,12)/b9-4+. The summed E-state index contributed by atoms with van der Waals surface area (Å²) in [4.78, 5) is 20.8. The first-order valence-corrected chi connectivity index (χ1v) is 3.75. The molecule has 0 aromatic carbocycles. The Morgan fingerprint density at radius 2 is 2.08 bits per heavy atom. The van der Waals surface area contributed by atoms with E-state index in [4.69, 9.17) is 5.73 Å². The Labute approximate surface area is 70.0 Å². The molecule has 0 aromatic rings. The van der Waals surface area contributed by atoms with E-state index < -0.39 is 11.8 Å². The van der Waals surface area contributed by atoms with Crippen LogP contribution < -0.4 is 11.2 Å². The van der Waals surface area contributed by atoms with Gasteiger partial charge in [0.1, 0.15) is 0 Å². The third kappa shape index (κ3) is 2.34. The molecule has 0 heterocycles. The predicted molar refractivity (Wildman–Crippen MR) is 43.2 cm³/mol. The summed E-state index contributed by atoms with van der Waals surface area (Å²) >= 11 is 0. The fourth-order valence-corrected chi connectivity index (χ4v) is 0.786. The lowest BCUT2D eigenvalue weighted by Crippen LogP contribution is -2.33. The maximum atomic E-state index is 10.6. The summed E-state index contributed by atoms with van der Waals surface area (Å²) < 4.78 is 0. The number of hydrogen-bond donors (Lipinski definition) is 2. The van der Waals surface area contributed by atoms with Crippen molar-refractivity contribution in [2.45, 2.75) is 19.8 Å². The second kappa shape index (κ2) is 3.34. The summed E-state index contributed by atoms with van der Waals surface area (Å²) in [5, 5.41) is 3.72. The van der Waals surface area contributed by atoms with Gasteiger partial charge in [-0.1, -0.05) is 0 Å². The average molecular weight is 169 g/mol. The molecule has 2 amide bonds. The number of carbonyl (C=O) groups excluding carboxylic acids is 2. The lowest BCUT2D eigenvalue weighted by atomic mass is 10.3. The van der Waals surface area contributed by atoms with Crippen LogP contribution in [0, 0.1) is 5.92 Å². The summed E-state index contributed by atoms with van der Waals surface area (Å²) in [7, 11) is 0. The van der Waals surface area contributed by atoms with Gasteiger partial charge in [0.05, 0.1) is 0 Å². The monoisotopic (exact) mass is 169 g/mol. The molecule has 1 aliphatic carbocycles. The Morgan fingerprint density at radius 1 is 1.50 bits per heavy atom. The maximum Gasteiger partial charge on any atom is 0.329 e. The Bertz CT molecular complexity index is 243. The molecule has 1 saturated carbocycles. The minimum atomic E-state index is -1.01. The molecular weight excluding hydrogens is 158 g/mol. The van der Waals surface area contributed by atoms with Crippen molar-refractivity contribution in [3.8, 4) is 0 Å². The van der Waals surface area contributed by atoms with Crippen molar-refractivity contribution in [1.82, 2.24) is 5.43 Å². The van der Waals surface area contributed by atoms with Crippen molar-refractivity contribution in [3.63, 3.8) is 0 Å². The van der Waals surface area contributed by atoms with Gasteiger partial charge in [0.15, 0.2) is 0 Å². The minimum absolute atomic E-state index is 0.484. The van der Waals surface area contributed by atoms with Crippen LogP contribution in [0.5, 0.6) is 0 Å². The summed E-state index contributed by atoms with van der Waals surface area (Å²) in [6.07, 6.45) is 2.23. The number of primary amides is 1.